The fraction of sp³-hybridized carbons (Fsp3) is 0.438. The minimum Gasteiger partial charge on any atom is -0.481 e. The average molecular weight is 301 g/mol. The number of amides is 1. The Kier molecular flexibility index (Phi) is 4.09. The Morgan fingerprint density at radius 1 is 1.23 bits per heavy atom. The number of aromatic nitrogens is 2. The molecule has 3 rings (SSSR count). The molecule has 2 aromatic rings. The van der Waals surface area contributed by atoms with Crippen LogP contribution >= 0.6 is 0 Å². The fourth-order valence-corrected chi connectivity index (χ4v) is 3.05. The van der Waals surface area contributed by atoms with Gasteiger partial charge in [-0.1, -0.05) is 12.1 Å². The third-order valence-corrected chi connectivity index (χ3v) is 4.28. The molecule has 1 aliphatic carbocycles. The maximum atomic E-state index is 12.2. The molecule has 22 heavy (non-hydrogen) atoms. The van der Waals surface area contributed by atoms with Crippen LogP contribution in [0.15, 0.2) is 30.6 Å². The third-order valence-electron chi connectivity index (χ3n) is 4.28. The predicted octanol–water partition coefficient (Wildman–Crippen LogP) is 1.80. The standard InChI is InChI=1S/C16H19N3O3/c20-15(18-12-7-5-11(6-8-12)16(21)22)9-19-10-17-13-3-1-2-4-14(13)19/h1-4,10-12H,5-9H2,(H,18,20)(H,21,22). The van der Waals surface area contributed by atoms with E-state index in [-0.39, 0.29) is 24.4 Å². The quantitative estimate of drug-likeness (QED) is 0.902. The zero-order valence-electron chi connectivity index (χ0n) is 12.2. The second-order valence-corrected chi connectivity index (χ2v) is 5.82. The number of carbonyl (C=O) groups excluding carboxylic acids is 1. The van der Waals surface area contributed by atoms with E-state index in [4.69, 9.17) is 5.11 Å². The summed E-state index contributed by atoms with van der Waals surface area (Å²) in [5.74, 6) is -1.04. The lowest BCUT2D eigenvalue weighted by Gasteiger charge is -2.26. The molecule has 0 bridgehead atoms. The normalized spacial score (nSPS) is 21.6. The molecule has 0 spiro atoms. The van der Waals surface area contributed by atoms with Gasteiger partial charge in [-0.15, -0.1) is 0 Å². The van der Waals surface area contributed by atoms with Crippen molar-refractivity contribution < 1.29 is 14.7 Å². The zero-order chi connectivity index (χ0) is 15.5. The van der Waals surface area contributed by atoms with Crippen LogP contribution in [0.5, 0.6) is 0 Å². The largest absolute Gasteiger partial charge is 0.481 e. The van der Waals surface area contributed by atoms with E-state index in [9.17, 15) is 9.59 Å². The van der Waals surface area contributed by atoms with E-state index in [0.29, 0.717) is 12.8 Å². The van der Waals surface area contributed by atoms with Gasteiger partial charge in [-0.25, -0.2) is 4.98 Å². The Bertz CT molecular complexity index is 687. The van der Waals surface area contributed by atoms with Gasteiger partial charge < -0.3 is 15.0 Å². The number of fused-ring (bicyclic) bond motifs is 1. The van der Waals surface area contributed by atoms with Crippen LogP contribution in [0.4, 0.5) is 0 Å². The lowest BCUT2D eigenvalue weighted by Crippen LogP contribution is -2.40. The zero-order valence-corrected chi connectivity index (χ0v) is 12.2. The molecule has 1 heterocycles. The monoisotopic (exact) mass is 301 g/mol. The molecule has 2 N–H and O–H groups in total. The Labute approximate surface area is 128 Å². The van der Waals surface area contributed by atoms with Gasteiger partial charge in [0, 0.05) is 6.04 Å². The van der Waals surface area contributed by atoms with Crippen molar-refractivity contribution in [2.75, 3.05) is 0 Å². The van der Waals surface area contributed by atoms with E-state index < -0.39 is 5.97 Å². The summed E-state index contributed by atoms with van der Waals surface area (Å²) in [4.78, 5) is 27.3. The van der Waals surface area contributed by atoms with E-state index in [2.05, 4.69) is 10.3 Å². The van der Waals surface area contributed by atoms with Crippen LogP contribution in [0, 0.1) is 5.92 Å². The topological polar surface area (TPSA) is 84.2 Å². The van der Waals surface area contributed by atoms with Crippen LogP contribution in [0.25, 0.3) is 11.0 Å². The van der Waals surface area contributed by atoms with Crippen LogP contribution < -0.4 is 5.32 Å². The molecule has 1 fully saturated rings. The number of carbonyl (C=O) groups is 2. The van der Waals surface area contributed by atoms with Gasteiger partial charge in [0.2, 0.25) is 5.91 Å². The highest BCUT2D eigenvalue weighted by molar-refractivity contribution is 5.80. The van der Waals surface area contributed by atoms with Gasteiger partial charge in [0.05, 0.1) is 23.3 Å². The van der Waals surface area contributed by atoms with Crippen LogP contribution in [0.3, 0.4) is 0 Å². The summed E-state index contributed by atoms with van der Waals surface area (Å²) >= 11 is 0. The molecule has 0 radical (unpaired) electrons. The minimum atomic E-state index is -0.727. The number of carboxylic acid groups (broad SMARTS) is 1. The summed E-state index contributed by atoms with van der Waals surface area (Å²) in [6.07, 6.45) is 4.40. The highest BCUT2D eigenvalue weighted by atomic mass is 16.4. The summed E-state index contributed by atoms with van der Waals surface area (Å²) in [5.41, 5.74) is 1.81. The number of para-hydroxylation sites is 2. The number of rotatable bonds is 4. The molecule has 6 nitrogen and oxygen atoms in total. The maximum absolute atomic E-state index is 12.2. The van der Waals surface area contributed by atoms with Crippen molar-refractivity contribution in [1.29, 1.82) is 0 Å². The smallest absolute Gasteiger partial charge is 0.306 e. The number of aliphatic carboxylic acids is 1. The SMILES string of the molecule is O=C(Cn1cnc2ccccc21)NC1CCC(C(=O)O)CC1. The van der Waals surface area contributed by atoms with Gasteiger partial charge in [0.1, 0.15) is 6.54 Å². The van der Waals surface area contributed by atoms with Crippen molar-refractivity contribution in [3.05, 3.63) is 30.6 Å². The number of carboxylic acids is 1. The molecule has 0 saturated heterocycles. The molecule has 1 amide bonds. The summed E-state index contributed by atoms with van der Waals surface area (Å²) in [6.45, 7) is 0.235. The number of nitrogens with zero attached hydrogens (tertiary/aromatic N) is 2. The minimum absolute atomic E-state index is 0.0538. The van der Waals surface area contributed by atoms with E-state index in [0.717, 1.165) is 23.9 Å². The maximum Gasteiger partial charge on any atom is 0.306 e. The van der Waals surface area contributed by atoms with Gasteiger partial charge >= 0.3 is 5.97 Å². The van der Waals surface area contributed by atoms with Gasteiger partial charge in [0.25, 0.3) is 0 Å². The molecule has 1 aromatic heterocycles. The molecule has 0 aliphatic heterocycles. The van der Waals surface area contributed by atoms with Gasteiger partial charge in [-0.05, 0) is 37.8 Å². The van der Waals surface area contributed by atoms with E-state index in [1.165, 1.54) is 0 Å². The second kappa shape index (κ2) is 6.17. The van der Waals surface area contributed by atoms with Crippen LogP contribution in [0.2, 0.25) is 0 Å². The van der Waals surface area contributed by atoms with Gasteiger partial charge in [-0.2, -0.15) is 0 Å². The number of nitrogens with one attached hydrogen (secondary N) is 1. The van der Waals surface area contributed by atoms with Gasteiger partial charge in [-0.3, -0.25) is 9.59 Å². The third kappa shape index (κ3) is 3.10. The molecule has 116 valence electrons. The summed E-state index contributed by atoms with van der Waals surface area (Å²) < 4.78 is 1.83. The highest BCUT2D eigenvalue weighted by Crippen LogP contribution is 2.24. The predicted molar refractivity (Wildman–Crippen MR) is 81.3 cm³/mol. The van der Waals surface area contributed by atoms with Crippen molar-refractivity contribution in [3.63, 3.8) is 0 Å². The lowest BCUT2D eigenvalue weighted by molar-refractivity contribution is -0.142. The van der Waals surface area contributed by atoms with E-state index >= 15 is 0 Å². The van der Waals surface area contributed by atoms with Crippen LogP contribution in [-0.4, -0.2) is 32.6 Å². The Balaban J connectivity index is 1.56. The Morgan fingerprint density at radius 3 is 2.68 bits per heavy atom. The molecule has 1 aromatic carbocycles. The van der Waals surface area contributed by atoms with Crippen molar-refractivity contribution in [2.45, 2.75) is 38.3 Å². The number of hydrogen-bond donors (Lipinski definition) is 2. The molecular weight excluding hydrogens is 282 g/mol. The Morgan fingerprint density at radius 2 is 1.95 bits per heavy atom. The molecule has 6 heteroatoms. The molecular formula is C16H19N3O3. The number of hydrogen-bond acceptors (Lipinski definition) is 3. The van der Waals surface area contributed by atoms with E-state index in [1.807, 2.05) is 28.8 Å². The summed E-state index contributed by atoms with van der Waals surface area (Å²) in [6, 6.07) is 7.77. The first-order valence-electron chi connectivity index (χ1n) is 7.55. The van der Waals surface area contributed by atoms with Crippen molar-refractivity contribution >= 4 is 22.9 Å². The average Bonchev–Trinajstić information content (AvgIpc) is 2.91. The summed E-state index contributed by atoms with van der Waals surface area (Å²) in [7, 11) is 0. The number of benzene rings is 1. The lowest BCUT2D eigenvalue weighted by atomic mass is 9.86. The molecule has 1 aliphatic rings. The van der Waals surface area contributed by atoms with Crippen molar-refractivity contribution in [1.82, 2.24) is 14.9 Å². The fourth-order valence-electron chi connectivity index (χ4n) is 3.05. The highest BCUT2D eigenvalue weighted by Gasteiger charge is 2.26. The Hall–Kier alpha value is -2.37. The van der Waals surface area contributed by atoms with Crippen LogP contribution in [0.1, 0.15) is 25.7 Å². The van der Waals surface area contributed by atoms with Crippen LogP contribution in [-0.2, 0) is 16.1 Å². The second-order valence-electron chi connectivity index (χ2n) is 5.82. The van der Waals surface area contributed by atoms with E-state index in [1.54, 1.807) is 6.33 Å². The van der Waals surface area contributed by atoms with Crippen molar-refractivity contribution in [3.8, 4) is 0 Å². The molecule has 1 saturated carbocycles. The van der Waals surface area contributed by atoms with Crippen molar-refractivity contribution in [2.24, 2.45) is 5.92 Å². The first-order valence-corrected chi connectivity index (χ1v) is 7.55. The number of imidazole rings is 1. The first kappa shape index (κ1) is 14.6. The summed E-state index contributed by atoms with van der Waals surface area (Å²) in [5, 5.41) is 12.0. The molecule has 0 atom stereocenters. The van der Waals surface area contributed by atoms with Gasteiger partial charge in [0.15, 0.2) is 0 Å². The molecule has 0 unspecified atom stereocenters. The first-order chi connectivity index (χ1) is 10.6.